The number of nitrogens with one attached hydrogen (secondary N) is 3. The number of hydrogen-bond acceptors (Lipinski definition) is 2. The van der Waals surface area contributed by atoms with Crippen LogP contribution in [0, 0.1) is 0 Å². The van der Waals surface area contributed by atoms with Crippen molar-refractivity contribution in [2.45, 2.75) is 39.4 Å². The summed E-state index contributed by atoms with van der Waals surface area (Å²) in [4.78, 5) is 10.1. The highest BCUT2D eigenvalue weighted by Crippen LogP contribution is 2.17. The van der Waals surface area contributed by atoms with Gasteiger partial charge in [-0.2, -0.15) is 0 Å². The lowest BCUT2D eigenvalue weighted by Crippen LogP contribution is -2.38. The molecular formula is C24H33N5. The van der Waals surface area contributed by atoms with Crippen LogP contribution >= 0.6 is 0 Å². The first-order valence-corrected chi connectivity index (χ1v) is 10.3. The minimum absolute atomic E-state index is 0.523. The van der Waals surface area contributed by atoms with Gasteiger partial charge in [0.05, 0.1) is 0 Å². The van der Waals surface area contributed by atoms with Crippen molar-refractivity contribution in [2.24, 2.45) is 4.99 Å². The van der Waals surface area contributed by atoms with Gasteiger partial charge >= 0.3 is 0 Å². The number of rotatable bonds is 8. The average Bonchev–Trinajstić information content (AvgIpc) is 3.14. The number of fused-ring (bicyclic) bond motifs is 1. The standard InChI is InChI=1S/C24H33N5/c1-18(2)29(4)17-21-10-6-5-9-19(21)15-28-24(25-3)26-14-13-20-16-27-23-12-8-7-11-22(20)23/h5-12,16,18,27H,13-15,17H2,1-4H3,(H2,25,26,28). The van der Waals surface area contributed by atoms with Crippen molar-refractivity contribution in [3.63, 3.8) is 0 Å². The molecule has 0 spiro atoms. The zero-order valence-electron chi connectivity index (χ0n) is 18.0. The first kappa shape index (κ1) is 20.9. The van der Waals surface area contributed by atoms with E-state index in [-0.39, 0.29) is 0 Å². The van der Waals surface area contributed by atoms with Crippen molar-refractivity contribution in [3.05, 3.63) is 71.4 Å². The number of nitrogens with zero attached hydrogens (tertiary/aromatic N) is 2. The summed E-state index contributed by atoms with van der Waals surface area (Å²) in [5.41, 5.74) is 5.17. The monoisotopic (exact) mass is 391 g/mol. The Labute approximate surface area is 174 Å². The van der Waals surface area contributed by atoms with Gasteiger partial charge in [0.1, 0.15) is 0 Å². The van der Waals surface area contributed by atoms with E-state index in [0.29, 0.717) is 6.04 Å². The van der Waals surface area contributed by atoms with E-state index >= 15 is 0 Å². The van der Waals surface area contributed by atoms with Crippen LogP contribution < -0.4 is 10.6 Å². The van der Waals surface area contributed by atoms with Gasteiger partial charge in [0.25, 0.3) is 0 Å². The van der Waals surface area contributed by atoms with Crippen LogP contribution in [0.15, 0.2) is 59.7 Å². The van der Waals surface area contributed by atoms with Crippen LogP contribution in [0.2, 0.25) is 0 Å². The smallest absolute Gasteiger partial charge is 0.191 e. The number of aromatic nitrogens is 1. The van der Waals surface area contributed by atoms with Crippen LogP contribution in [-0.4, -0.2) is 42.5 Å². The molecule has 0 aliphatic rings. The number of hydrogen-bond donors (Lipinski definition) is 3. The second-order valence-electron chi connectivity index (χ2n) is 7.74. The van der Waals surface area contributed by atoms with Crippen molar-refractivity contribution < 1.29 is 0 Å². The number of aliphatic imine (C=N–C) groups is 1. The Hall–Kier alpha value is -2.79. The first-order chi connectivity index (χ1) is 14.1. The lowest BCUT2D eigenvalue weighted by atomic mass is 10.1. The summed E-state index contributed by atoms with van der Waals surface area (Å²) in [7, 11) is 3.99. The summed E-state index contributed by atoms with van der Waals surface area (Å²) in [6, 6.07) is 17.6. The third-order valence-corrected chi connectivity index (χ3v) is 5.45. The minimum Gasteiger partial charge on any atom is -0.361 e. The maximum atomic E-state index is 4.38. The summed E-state index contributed by atoms with van der Waals surface area (Å²) in [5, 5.41) is 8.19. The molecule has 3 N–H and O–H groups in total. The molecule has 0 amide bonds. The first-order valence-electron chi connectivity index (χ1n) is 10.3. The van der Waals surface area contributed by atoms with Crippen molar-refractivity contribution in [2.75, 3.05) is 20.6 Å². The Balaban J connectivity index is 1.53. The molecule has 0 saturated carbocycles. The normalized spacial score (nSPS) is 12.1. The molecule has 1 heterocycles. The largest absolute Gasteiger partial charge is 0.361 e. The molecular weight excluding hydrogens is 358 g/mol. The van der Waals surface area contributed by atoms with Gasteiger partial charge in [0, 0.05) is 49.8 Å². The molecule has 3 rings (SSSR count). The number of para-hydroxylation sites is 1. The van der Waals surface area contributed by atoms with Crippen molar-refractivity contribution in [3.8, 4) is 0 Å². The molecule has 0 atom stereocenters. The fourth-order valence-corrected chi connectivity index (χ4v) is 3.39. The highest BCUT2D eigenvalue weighted by Gasteiger charge is 2.09. The predicted octanol–water partition coefficient (Wildman–Crippen LogP) is 3.92. The van der Waals surface area contributed by atoms with Crippen LogP contribution in [0.1, 0.15) is 30.5 Å². The molecule has 5 heteroatoms. The summed E-state index contributed by atoms with van der Waals surface area (Å²) in [6.07, 6.45) is 3.05. The SMILES string of the molecule is CN=C(NCCc1c[nH]c2ccccc12)NCc1ccccc1CN(C)C(C)C. The van der Waals surface area contributed by atoms with Gasteiger partial charge in [-0.05, 0) is 50.1 Å². The maximum absolute atomic E-state index is 4.38. The molecule has 1 aromatic heterocycles. The van der Waals surface area contributed by atoms with Crippen LogP contribution in [0.5, 0.6) is 0 Å². The van der Waals surface area contributed by atoms with Crippen molar-refractivity contribution in [1.82, 2.24) is 20.5 Å². The predicted molar refractivity (Wildman–Crippen MR) is 123 cm³/mol. The van der Waals surface area contributed by atoms with E-state index in [1.165, 1.54) is 27.6 Å². The molecule has 3 aromatic rings. The van der Waals surface area contributed by atoms with E-state index in [9.17, 15) is 0 Å². The van der Waals surface area contributed by atoms with Gasteiger partial charge in [-0.15, -0.1) is 0 Å². The van der Waals surface area contributed by atoms with Crippen LogP contribution in [-0.2, 0) is 19.5 Å². The van der Waals surface area contributed by atoms with Gasteiger partial charge in [0.15, 0.2) is 5.96 Å². The summed E-state index contributed by atoms with van der Waals surface area (Å²) < 4.78 is 0. The van der Waals surface area contributed by atoms with Gasteiger partial charge in [-0.1, -0.05) is 42.5 Å². The lowest BCUT2D eigenvalue weighted by Gasteiger charge is -2.23. The van der Waals surface area contributed by atoms with Crippen LogP contribution in [0.3, 0.4) is 0 Å². The van der Waals surface area contributed by atoms with Crippen molar-refractivity contribution >= 4 is 16.9 Å². The highest BCUT2D eigenvalue weighted by atomic mass is 15.2. The average molecular weight is 392 g/mol. The van der Waals surface area contributed by atoms with E-state index in [2.05, 4.69) is 101 Å². The Kier molecular flexibility index (Phi) is 7.30. The number of guanidine groups is 1. The Morgan fingerprint density at radius 2 is 1.72 bits per heavy atom. The van der Waals surface area contributed by atoms with E-state index in [1.807, 2.05) is 7.05 Å². The molecule has 2 aromatic carbocycles. The number of benzene rings is 2. The fraction of sp³-hybridized carbons (Fsp3) is 0.375. The van der Waals surface area contributed by atoms with Crippen LogP contribution in [0.4, 0.5) is 0 Å². The molecule has 0 bridgehead atoms. The lowest BCUT2D eigenvalue weighted by molar-refractivity contribution is 0.265. The van der Waals surface area contributed by atoms with Crippen LogP contribution in [0.25, 0.3) is 10.9 Å². The molecule has 0 saturated heterocycles. The molecule has 154 valence electrons. The highest BCUT2D eigenvalue weighted by molar-refractivity contribution is 5.83. The van der Waals surface area contributed by atoms with Gasteiger partial charge < -0.3 is 15.6 Å². The molecule has 29 heavy (non-hydrogen) atoms. The second kappa shape index (κ2) is 10.1. The quantitative estimate of drug-likeness (QED) is 0.403. The molecule has 0 unspecified atom stereocenters. The van der Waals surface area contributed by atoms with Gasteiger partial charge in [0.2, 0.25) is 0 Å². The van der Waals surface area contributed by atoms with Gasteiger partial charge in [-0.25, -0.2) is 0 Å². The molecule has 0 aliphatic carbocycles. The topological polar surface area (TPSA) is 55.5 Å². The summed E-state index contributed by atoms with van der Waals surface area (Å²) in [5.74, 6) is 0.830. The molecule has 0 aliphatic heterocycles. The second-order valence-corrected chi connectivity index (χ2v) is 7.74. The van der Waals surface area contributed by atoms with Crippen molar-refractivity contribution in [1.29, 1.82) is 0 Å². The summed E-state index contributed by atoms with van der Waals surface area (Å²) >= 11 is 0. The zero-order valence-corrected chi connectivity index (χ0v) is 18.0. The summed E-state index contributed by atoms with van der Waals surface area (Å²) in [6.45, 7) is 6.98. The van der Waals surface area contributed by atoms with E-state index in [1.54, 1.807) is 0 Å². The minimum atomic E-state index is 0.523. The van der Waals surface area contributed by atoms with E-state index in [0.717, 1.165) is 32.0 Å². The van der Waals surface area contributed by atoms with E-state index in [4.69, 9.17) is 0 Å². The number of H-pyrrole nitrogens is 1. The fourth-order valence-electron chi connectivity index (χ4n) is 3.39. The molecule has 0 radical (unpaired) electrons. The molecule has 0 fully saturated rings. The maximum Gasteiger partial charge on any atom is 0.191 e. The molecule has 5 nitrogen and oxygen atoms in total. The Morgan fingerprint density at radius 3 is 2.48 bits per heavy atom. The number of aromatic amines is 1. The third kappa shape index (κ3) is 5.61. The van der Waals surface area contributed by atoms with Gasteiger partial charge in [-0.3, -0.25) is 9.89 Å². The Morgan fingerprint density at radius 1 is 1.00 bits per heavy atom. The zero-order chi connectivity index (χ0) is 20.6. The van der Waals surface area contributed by atoms with E-state index < -0.39 is 0 Å². The third-order valence-electron chi connectivity index (χ3n) is 5.45. The Bertz CT molecular complexity index is 941.